The zero-order chi connectivity index (χ0) is 22.0. The molecule has 1 aliphatic heterocycles. The van der Waals surface area contributed by atoms with Crippen LogP contribution < -0.4 is 10.2 Å². The van der Waals surface area contributed by atoms with Crippen LogP contribution >= 0.6 is 45.5 Å². The number of alkyl halides is 1. The molecule has 2 aromatic heterocycles. The number of carboxylic acid groups (broad SMARTS) is 1. The number of carbonyl (C=O) groups is 2. The van der Waals surface area contributed by atoms with Gasteiger partial charge in [-0.15, -0.1) is 0 Å². The van der Waals surface area contributed by atoms with Crippen LogP contribution in [-0.4, -0.2) is 71.6 Å². The fourth-order valence-corrected chi connectivity index (χ4v) is 6.06. The van der Waals surface area contributed by atoms with Crippen molar-refractivity contribution in [2.75, 3.05) is 38.6 Å². The summed E-state index contributed by atoms with van der Waals surface area (Å²) in [6.07, 6.45) is 2.14. The van der Waals surface area contributed by atoms with Crippen LogP contribution in [0, 0.1) is 12.8 Å². The van der Waals surface area contributed by atoms with E-state index in [-0.39, 0.29) is 22.7 Å². The minimum Gasteiger partial charge on any atom is -0.477 e. The molecule has 2 unspecified atom stereocenters. The average Bonchev–Trinajstić information content (AvgIpc) is 3.27. The maximum absolute atomic E-state index is 12.9. The molecule has 0 saturated carbocycles. The lowest BCUT2D eigenvalue weighted by molar-refractivity contribution is 0.0701. The molecule has 2 atom stereocenters. The monoisotopic (exact) mass is 565 g/mol. The van der Waals surface area contributed by atoms with Crippen molar-refractivity contribution >= 4 is 62.5 Å². The second-order valence-corrected chi connectivity index (χ2v) is 9.85. The quantitative estimate of drug-likeness (QED) is 0.352. The Labute approximate surface area is 198 Å². The van der Waals surface area contributed by atoms with E-state index in [1.807, 2.05) is 21.0 Å². The highest BCUT2D eigenvalue weighted by atomic mass is 127. The molecule has 3 rings (SSSR count). The molecule has 2 aromatic rings. The predicted octanol–water partition coefficient (Wildman–Crippen LogP) is 3.25. The van der Waals surface area contributed by atoms with Gasteiger partial charge in [-0.2, -0.15) is 0 Å². The van der Waals surface area contributed by atoms with Crippen LogP contribution in [0.5, 0.6) is 0 Å². The van der Waals surface area contributed by atoms with Gasteiger partial charge in [0.05, 0.1) is 11.2 Å². The van der Waals surface area contributed by atoms with Gasteiger partial charge in [0.2, 0.25) is 0 Å². The molecular weight excluding hydrogens is 541 g/mol. The normalized spacial score (nSPS) is 19.3. The molecule has 1 aliphatic rings. The molecule has 1 amide bonds. The highest BCUT2D eigenvalue weighted by Crippen LogP contribution is 2.30. The zero-order valence-electron chi connectivity index (χ0n) is 17.0. The molecule has 164 valence electrons. The summed E-state index contributed by atoms with van der Waals surface area (Å²) in [5.41, 5.74) is 2.29. The number of hydrogen-bond acceptors (Lipinski definition) is 6. The Balaban J connectivity index is 1.74. The van der Waals surface area contributed by atoms with Crippen LogP contribution in [0.1, 0.15) is 37.8 Å². The van der Waals surface area contributed by atoms with E-state index in [4.69, 9.17) is 16.7 Å². The number of rotatable bonds is 7. The van der Waals surface area contributed by atoms with Gasteiger partial charge in [0.1, 0.15) is 10.6 Å². The number of aryl methyl sites for hydroxylation is 1. The molecule has 0 aromatic carbocycles. The number of hydrogen-bond donors (Lipinski definition) is 3. The highest BCUT2D eigenvalue weighted by Gasteiger charge is 2.33. The van der Waals surface area contributed by atoms with Crippen molar-refractivity contribution in [3.8, 4) is 0 Å². The number of thiazole rings is 1. The van der Waals surface area contributed by atoms with Crippen LogP contribution in [0.2, 0.25) is 5.02 Å². The summed E-state index contributed by atoms with van der Waals surface area (Å²) in [5.74, 6) is -0.993. The third-order valence-electron chi connectivity index (χ3n) is 5.24. The molecule has 0 bridgehead atoms. The van der Waals surface area contributed by atoms with E-state index in [0.717, 1.165) is 28.7 Å². The number of amides is 1. The van der Waals surface area contributed by atoms with E-state index in [1.165, 1.54) is 17.5 Å². The van der Waals surface area contributed by atoms with Crippen LogP contribution in [-0.2, 0) is 4.43 Å². The zero-order valence-corrected chi connectivity index (χ0v) is 20.8. The van der Waals surface area contributed by atoms with Crippen LogP contribution in [0.4, 0.5) is 5.13 Å². The molecule has 1 fully saturated rings. The summed E-state index contributed by atoms with van der Waals surface area (Å²) >= 11 is 9.84. The average molecular weight is 566 g/mol. The van der Waals surface area contributed by atoms with Gasteiger partial charge in [-0.1, -0.05) is 45.5 Å². The number of carboxylic acids is 1. The second-order valence-electron chi connectivity index (χ2n) is 7.70. The van der Waals surface area contributed by atoms with E-state index in [0.29, 0.717) is 28.9 Å². The van der Waals surface area contributed by atoms with E-state index < -0.39 is 5.97 Å². The van der Waals surface area contributed by atoms with Gasteiger partial charge in [-0.25, -0.2) is 9.78 Å². The third-order valence-corrected chi connectivity index (χ3v) is 7.46. The van der Waals surface area contributed by atoms with Crippen molar-refractivity contribution in [1.29, 1.82) is 0 Å². The van der Waals surface area contributed by atoms with Crippen molar-refractivity contribution in [3.63, 3.8) is 0 Å². The topological polar surface area (TPSA) is 102 Å². The van der Waals surface area contributed by atoms with E-state index in [1.54, 1.807) is 0 Å². The summed E-state index contributed by atoms with van der Waals surface area (Å²) in [4.78, 5) is 36.0. The van der Waals surface area contributed by atoms with E-state index in [2.05, 4.69) is 47.7 Å². The van der Waals surface area contributed by atoms with Gasteiger partial charge in [-0.3, -0.25) is 4.79 Å². The number of H-pyrrole nitrogens is 1. The molecule has 3 N–H and O–H groups in total. The minimum absolute atomic E-state index is 0.0159. The number of piperidine rings is 1. The van der Waals surface area contributed by atoms with Crippen molar-refractivity contribution in [2.45, 2.75) is 23.8 Å². The maximum Gasteiger partial charge on any atom is 0.347 e. The lowest BCUT2D eigenvalue weighted by atomic mass is 9.91. The van der Waals surface area contributed by atoms with Gasteiger partial charge < -0.3 is 25.2 Å². The number of halogens is 2. The van der Waals surface area contributed by atoms with Crippen LogP contribution in [0.15, 0.2) is 6.20 Å². The number of nitrogens with zero attached hydrogens (tertiary/aromatic N) is 3. The Morgan fingerprint density at radius 2 is 2.23 bits per heavy atom. The van der Waals surface area contributed by atoms with Gasteiger partial charge >= 0.3 is 5.97 Å². The van der Waals surface area contributed by atoms with Crippen molar-refractivity contribution in [1.82, 2.24) is 20.2 Å². The predicted molar refractivity (Wildman–Crippen MR) is 127 cm³/mol. The fourth-order valence-electron chi connectivity index (χ4n) is 3.75. The minimum atomic E-state index is -0.963. The summed E-state index contributed by atoms with van der Waals surface area (Å²) < 4.78 is 0.736. The number of aromatic amines is 1. The van der Waals surface area contributed by atoms with Crippen LogP contribution in [0.25, 0.3) is 0 Å². The summed E-state index contributed by atoms with van der Waals surface area (Å²) in [6.45, 7) is 4.09. The van der Waals surface area contributed by atoms with Gasteiger partial charge in [-0.05, 0) is 27.4 Å². The Morgan fingerprint density at radius 1 is 1.50 bits per heavy atom. The summed E-state index contributed by atoms with van der Waals surface area (Å²) in [6, 6.07) is -0.0159. The Bertz CT molecular complexity index is 931. The molecule has 30 heavy (non-hydrogen) atoms. The Kier molecular flexibility index (Phi) is 7.64. The fraction of sp³-hybridized carbons (Fsp3) is 0.526. The Hall–Kier alpha value is -1.37. The SMILES string of the molecule is Cc1[nH]c(C(=O)NC2CCN(c3ncc(C(=O)O)s3)CC2CN(C)C)c(Cl)c1CI. The molecule has 0 spiro atoms. The number of nitrogens with one attached hydrogen (secondary N) is 2. The van der Waals surface area contributed by atoms with Gasteiger partial charge in [0, 0.05) is 47.3 Å². The number of aromatic nitrogens is 2. The molecule has 8 nitrogen and oxygen atoms in total. The Morgan fingerprint density at radius 3 is 2.80 bits per heavy atom. The standard InChI is InChI=1S/C19H25ClIN5O3S/c1-10-12(6-21)15(20)16(23-10)17(27)24-13-4-5-26(9-11(13)8-25(2)3)19-22-7-14(30-19)18(28)29/h7,11,13,23H,4-6,8-9H2,1-3H3,(H,24,27)(H,28,29). The maximum atomic E-state index is 12.9. The van der Waals surface area contributed by atoms with Crippen molar-refractivity contribution in [3.05, 3.63) is 33.0 Å². The molecular formula is C19H25ClIN5O3S. The third kappa shape index (κ3) is 5.09. The highest BCUT2D eigenvalue weighted by molar-refractivity contribution is 14.1. The lowest BCUT2D eigenvalue weighted by Gasteiger charge is -2.40. The first kappa shape index (κ1) is 23.3. The summed E-state index contributed by atoms with van der Waals surface area (Å²) in [5, 5.41) is 13.5. The van der Waals surface area contributed by atoms with Crippen molar-refractivity contribution < 1.29 is 14.7 Å². The molecule has 3 heterocycles. The first-order valence-corrected chi connectivity index (χ1v) is 12.3. The van der Waals surface area contributed by atoms with Crippen molar-refractivity contribution in [2.24, 2.45) is 5.92 Å². The summed E-state index contributed by atoms with van der Waals surface area (Å²) in [7, 11) is 4.00. The first-order valence-electron chi connectivity index (χ1n) is 9.53. The lowest BCUT2D eigenvalue weighted by Crippen LogP contribution is -2.53. The molecule has 11 heteroatoms. The smallest absolute Gasteiger partial charge is 0.347 e. The number of anilines is 1. The molecule has 0 aliphatic carbocycles. The van der Waals surface area contributed by atoms with E-state index >= 15 is 0 Å². The van der Waals surface area contributed by atoms with Gasteiger partial charge in [0.15, 0.2) is 5.13 Å². The van der Waals surface area contributed by atoms with Crippen LogP contribution in [0.3, 0.4) is 0 Å². The molecule has 0 radical (unpaired) electrons. The molecule has 1 saturated heterocycles. The number of aromatic carboxylic acids is 1. The van der Waals surface area contributed by atoms with Gasteiger partial charge in [0.25, 0.3) is 5.91 Å². The second kappa shape index (κ2) is 9.84. The number of carbonyl (C=O) groups excluding carboxylic acids is 1. The van der Waals surface area contributed by atoms with E-state index in [9.17, 15) is 9.59 Å². The largest absolute Gasteiger partial charge is 0.477 e. The first-order chi connectivity index (χ1) is 14.2.